The van der Waals surface area contributed by atoms with E-state index in [2.05, 4.69) is 19.2 Å². The van der Waals surface area contributed by atoms with E-state index in [1.807, 2.05) is 0 Å². The summed E-state index contributed by atoms with van der Waals surface area (Å²) < 4.78 is 0. The lowest BCUT2D eigenvalue weighted by Crippen LogP contribution is -2.45. The fraction of sp³-hybridized carbons (Fsp3) is 0.973. The van der Waals surface area contributed by atoms with E-state index in [1.165, 1.54) is 161 Å². The van der Waals surface area contributed by atoms with Gasteiger partial charge in [-0.25, -0.2) is 0 Å². The predicted molar refractivity (Wildman–Crippen MR) is 179 cm³/mol. The Morgan fingerprint density at radius 1 is 0.488 bits per heavy atom. The molecule has 0 heterocycles. The fourth-order valence-electron chi connectivity index (χ4n) is 5.95. The third kappa shape index (κ3) is 30.6. The van der Waals surface area contributed by atoms with Gasteiger partial charge >= 0.3 is 0 Å². The largest absolute Gasteiger partial charge is 0.394 e. The van der Waals surface area contributed by atoms with Crippen molar-refractivity contribution in [3.8, 4) is 0 Å². The number of hydrogen-bond acceptors (Lipinski definition) is 3. The van der Waals surface area contributed by atoms with Crippen molar-refractivity contribution < 1.29 is 15.0 Å². The van der Waals surface area contributed by atoms with Crippen molar-refractivity contribution in [2.24, 2.45) is 0 Å². The minimum atomic E-state index is -0.651. The van der Waals surface area contributed by atoms with Gasteiger partial charge in [0.25, 0.3) is 0 Å². The van der Waals surface area contributed by atoms with Gasteiger partial charge in [0.2, 0.25) is 5.91 Å². The summed E-state index contributed by atoms with van der Waals surface area (Å²) in [5, 5.41) is 23.0. The normalized spacial score (nSPS) is 13.0. The van der Waals surface area contributed by atoms with Crippen molar-refractivity contribution in [2.45, 2.75) is 225 Å². The summed E-state index contributed by atoms with van der Waals surface area (Å²) in [5.74, 6) is -0.0300. The van der Waals surface area contributed by atoms with Crippen LogP contribution in [0.15, 0.2) is 0 Å². The lowest BCUT2D eigenvalue weighted by atomic mass is 10.0. The molecule has 0 aromatic heterocycles. The third-order valence-electron chi connectivity index (χ3n) is 8.87. The fourth-order valence-corrected chi connectivity index (χ4v) is 5.95. The molecule has 0 fully saturated rings. The number of amides is 1. The highest BCUT2D eigenvalue weighted by Crippen LogP contribution is 2.16. The molecule has 2 unspecified atom stereocenters. The highest BCUT2D eigenvalue weighted by Gasteiger charge is 2.19. The molecule has 0 aliphatic heterocycles. The summed E-state index contributed by atoms with van der Waals surface area (Å²) in [6.07, 6.45) is 38.7. The molecule has 4 heteroatoms. The Hall–Kier alpha value is -0.610. The molecule has 0 saturated heterocycles. The molecule has 4 nitrogen and oxygen atoms in total. The highest BCUT2D eigenvalue weighted by atomic mass is 16.3. The zero-order chi connectivity index (χ0) is 30.1. The van der Waals surface area contributed by atoms with Crippen LogP contribution in [0.25, 0.3) is 0 Å². The first-order valence-corrected chi connectivity index (χ1v) is 18.7. The third-order valence-corrected chi connectivity index (χ3v) is 8.87. The first-order valence-electron chi connectivity index (χ1n) is 18.7. The van der Waals surface area contributed by atoms with Gasteiger partial charge in [0.1, 0.15) is 0 Å². The van der Waals surface area contributed by atoms with Crippen LogP contribution in [0.1, 0.15) is 213 Å². The molecule has 0 bridgehead atoms. The number of rotatable bonds is 34. The van der Waals surface area contributed by atoms with E-state index in [0.29, 0.717) is 12.8 Å². The average Bonchev–Trinajstić information content (AvgIpc) is 2.97. The van der Waals surface area contributed by atoms with Gasteiger partial charge < -0.3 is 15.5 Å². The SMILES string of the molecule is CCCCCCCCCCCCCCCCCCCC(O)C(CO)NC(=O)CCCCCCCCCCCCCC. The predicted octanol–water partition coefficient (Wildman–Crippen LogP) is 11.0. The second kappa shape index (κ2) is 33.9. The summed E-state index contributed by atoms with van der Waals surface area (Å²) in [7, 11) is 0. The van der Waals surface area contributed by atoms with Crippen LogP contribution in [0.2, 0.25) is 0 Å². The molecule has 3 N–H and O–H groups in total. The second-order valence-corrected chi connectivity index (χ2v) is 13.0. The van der Waals surface area contributed by atoms with Crippen LogP contribution in [-0.2, 0) is 4.79 Å². The Balaban J connectivity index is 3.51. The summed E-state index contributed by atoms with van der Waals surface area (Å²) >= 11 is 0. The van der Waals surface area contributed by atoms with Crippen LogP contribution < -0.4 is 5.32 Å². The van der Waals surface area contributed by atoms with E-state index in [0.717, 1.165) is 25.7 Å². The Morgan fingerprint density at radius 3 is 1.10 bits per heavy atom. The van der Waals surface area contributed by atoms with Crippen LogP contribution in [0, 0.1) is 0 Å². The number of aliphatic hydroxyl groups excluding tert-OH is 2. The van der Waals surface area contributed by atoms with Crippen molar-refractivity contribution in [2.75, 3.05) is 6.61 Å². The van der Waals surface area contributed by atoms with E-state index < -0.39 is 12.1 Å². The maximum absolute atomic E-state index is 12.3. The van der Waals surface area contributed by atoms with E-state index in [1.54, 1.807) is 0 Å². The summed E-state index contributed by atoms with van der Waals surface area (Å²) in [6.45, 7) is 4.36. The van der Waals surface area contributed by atoms with Crippen LogP contribution in [0.4, 0.5) is 0 Å². The van der Waals surface area contributed by atoms with E-state index in [-0.39, 0.29) is 12.5 Å². The highest BCUT2D eigenvalue weighted by molar-refractivity contribution is 5.76. The van der Waals surface area contributed by atoms with Gasteiger partial charge in [-0.15, -0.1) is 0 Å². The quantitative estimate of drug-likeness (QED) is 0.0662. The molecular formula is C37H75NO3. The Morgan fingerprint density at radius 2 is 0.780 bits per heavy atom. The molecule has 1 amide bonds. The first kappa shape index (κ1) is 40.4. The van der Waals surface area contributed by atoms with Crippen LogP contribution in [0.5, 0.6) is 0 Å². The zero-order valence-corrected chi connectivity index (χ0v) is 28.1. The first-order chi connectivity index (χ1) is 20.2. The lowest BCUT2D eigenvalue weighted by Gasteiger charge is -2.22. The number of unbranched alkanes of at least 4 members (excludes halogenated alkanes) is 27. The molecule has 0 saturated carbocycles. The van der Waals surface area contributed by atoms with Crippen molar-refractivity contribution in [3.05, 3.63) is 0 Å². The summed E-state index contributed by atoms with van der Waals surface area (Å²) in [5.41, 5.74) is 0. The Kier molecular flexibility index (Phi) is 33.4. The zero-order valence-electron chi connectivity index (χ0n) is 28.1. The van der Waals surface area contributed by atoms with Crippen LogP contribution >= 0.6 is 0 Å². The van der Waals surface area contributed by atoms with Gasteiger partial charge in [0.05, 0.1) is 18.8 Å². The number of nitrogens with one attached hydrogen (secondary N) is 1. The molecule has 0 radical (unpaired) electrons. The molecule has 0 aliphatic rings. The molecule has 0 aliphatic carbocycles. The molecule has 0 aromatic carbocycles. The topological polar surface area (TPSA) is 69.6 Å². The minimum Gasteiger partial charge on any atom is -0.394 e. The van der Waals surface area contributed by atoms with Gasteiger partial charge in [0, 0.05) is 6.42 Å². The monoisotopic (exact) mass is 582 g/mol. The maximum Gasteiger partial charge on any atom is 0.220 e. The molecule has 41 heavy (non-hydrogen) atoms. The van der Waals surface area contributed by atoms with Crippen molar-refractivity contribution in [3.63, 3.8) is 0 Å². The summed E-state index contributed by atoms with van der Waals surface area (Å²) in [4.78, 5) is 12.3. The van der Waals surface area contributed by atoms with Gasteiger partial charge in [-0.1, -0.05) is 194 Å². The van der Waals surface area contributed by atoms with Crippen LogP contribution in [-0.4, -0.2) is 34.9 Å². The average molecular weight is 582 g/mol. The van der Waals surface area contributed by atoms with Gasteiger partial charge in [-0.05, 0) is 12.8 Å². The molecule has 0 aromatic rings. The van der Waals surface area contributed by atoms with Crippen molar-refractivity contribution >= 4 is 5.91 Å². The molecule has 2 atom stereocenters. The smallest absolute Gasteiger partial charge is 0.220 e. The number of carbonyl (C=O) groups is 1. The van der Waals surface area contributed by atoms with Crippen molar-refractivity contribution in [1.29, 1.82) is 0 Å². The number of aliphatic hydroxyl groups is 2. The van der Waals surface area contributed by atoms with Gasteiger partial charge in [-0.2, -0.15) is 0 Å². The lowest BCUT2D eigenvalue weighted by molar-refractivity contribution is -0.123. The Bertz CT molecular complexity index is 512. The Labute approximate surface area is 257 Å². The standard InChI is InChI=1S/C37H75NO3/c1-3-5-7-9-11-13-15-17-18-19-20-21-22-24-26-28-30-32-36(40)35(34-39)38-37(41)33-31-29-27-25-23-16-14-12-10-8-6-4-2/h35-36,39-40H,3-34H2,1-2H3,(H,38,41). The van der Waals surface area contributed by atoms with E-state index in [4.69, 9.17) is 0 Å². The minimum absolute atomic E-state index is 0.0300. The molecule has 246 valence electrons. The van der Waals surface area contributed by atoms with E-state index in [9.17, 15) is 15.0 Å². The van der Waals surface area contributed by atoms with Crippen LogP contribution in [0.3, 0.4) is 0 Å². The van der Waals surface area contributed by atoms with Gasteiger partial charge in [0.15, 0.2) is 0 Å². The molecule has 0 spiro atoms. The summed E-state index contributed by atoms with van der Waals surface area (Å²) in [6, 6.07) is -0.527. The number of carbonyl (C=O) groups excluding carboxylic acids is 1. The number of hydrogen-bond donors (Lipinski definition) is 3. The second-order valence-electron chi connectivity index (χ2n) is 13.0. The maximum atomic E-state index is 12.3. The molecule has 0 rings (SSSR count). The van der Waals surface area contributed by atoms with Crippen molar-refractivity contribution in [1.82, 2.24) is 5.32 Å². The van der Waals surface area contributed by atoms with Gasteiger partial charge in [-0.3, -0.25) is 4.79 Å². The molecular weight excluding hydrogens is 506 g/mol. The van der Waals surface area contributed by atoms with E-state index >= 15 is 0 Å².